The summed E-state index contributed by atoms with van der Waals surface area (Å²) in [5.41, 5.74) is 4.79. The van der Waals surface area contributed by atoms with Crippen LogP contribution in [-0.4, -0.2) is 11.8 Å². The van der Waals surface area contributed by atoms with Crippen LogP contribution in [0.2, 0.25) is 0 Å². The lowest BCUT2D eigenvalue weighted by Gasteiger charge is -2.54. The molecule has 1 aromatic rings. The molecule has 0 amide bonds. The number of nitrogens with zero attached hydrogens (tertiary/aromatic N) is 1. The summed E-state index contributed by atoms with van der Waals surface area (Å²) < 4.78 is 0. The minimum absolute atomic E-state index is 0.134. The van der Waals surface area contributed by atoms with Gasteiger partial charge in [-0.3, -0.25) is 0 Å². The van der Waals surface area contributed by atoms with Crippen LogP contribution in [0.25, 0.3) is 0 Å². The van der Waals surface area contributed by atoms with Gasteiger partial charge in [0, 0.05) is 5.92 Å². The van der Waals surface area contributed by atoms with Crippen LogP contribution in [0, 0.1) is 24.2 Å². The summed E-state index contributed by atoms with van der Waals surface area (Å²) in [7, 11) is 0. The van der Waals surface area contributed by atoms with Crippen molar-refractivity contribution < 1.29 is 4.79 Å². The maximum atomic E-state index is 11.4. The quantitative estimate of drug-likeness (QED) is 0.227. The first-order valence-corrected chi connectivity index (χ1v) is 12.3. The first kappa shape index (κ1) is 26.1. The number of allylic oxidation sites excluding steroid dienone is 1. The highest BCUT2D eigenvalue weighted by Crippen LogP contribution is 2.59. The Balaban J connectivity index is 0.000000448. The second kappa shape index (κ2) is 11.1. The first-order valence-electron chi connectivity index (χ1n) is 12.3. The molecule has 3 nitrogen and oxygen atoms in total. The van der Waals surface area contributed by atoms with Gasteiger partial charge in [-0.05, 0) is 73.5 Å². The highest BCUT2D eigenvalue weighted by molar-refractivity contribution is 5.86. The normalized spacial score (nSPS) is 19.6. The molecule has 1 aromatic carbocycles. The Hall–Kier alpha value is -2.12. The number of benzene rings is 1. The second-order valence-electron chi connectivity index (χ2n) is 11.1. The zero-order chi connectivity index (χ0) is 23.9. The van der Waals surface area contributed by atoms with Crippen LogP contribution in [0.5, 0.6) is 0 Å². The molecule has 0 saturated heterocycles. The summed E-state index contributed by atoms with van der Waals surface area (Å²) in [6.45, 7) is 19.0. The highest BCUT2D eigenvalue weighted by Gasteiger charge is 2.49. The zero-order valence-corrected chi connectivity index (χ0v) is 21.3. The van der Waals surface area contributed by atoms with Crippen LogP contribution < -0.4 is 5.32 Å². The predicted molar refractivity (Wildman–Crippen MR) is 138 cm³/mol. The Morgan fingerprint density at radius 2 is 1.75 bits per heavy atom. The lowest BCUT2D eigenvalue weighted by Crippen LogP contribution is -2.45. The summed E-state index contributed by atoms with van der Waals surface area (Å²) in [5.74, 6) is 4.29. The van der Waals surface area contributed by atoms with Crippen LogP contribution in [-0.2, 0) is 10.2 Å². The molecule has 3 fully saturated rings. The molecule has 3 saturated carbocycles. The summed E-state index contributed by atoms with van der Waals surface area (Å²) in [5, 5.41) is 3.22. The standard InChI is InChI=1S/C22H30N2O.C5H10.C2H4/c1-15-11-18(21(3,4)5)7-8-19(15)23-16(2)24-20(14-25)17-12-22(13-17)9-6-10-22;1-5-3-2-4-5;1-2/h7-8,11,17H,6,9-10,12-13H2,1-5H3,(H,23,24);5H,2-4H2,1H3;1-2H2. The van der Waals surface area contributed by atoms with E-state index in [1.165, 1.54) is 44.1 Å². The minimum Gasteiger partial charge on any atom is -0.338 e. The van der Waals surface area contributed by atoms with Crippen molar-refractivity contribution in [3.63, 3.8) is 0 Å². The fourth-order valence-electron chi connectivity index (χ4n) is 4.75. The molecule has 4 rings (SSSR count). The van der Waals surface area contributed by atoms with E-state index in [0.29, 0.717) is 17.0 Å². The lowest BCUT2D eigenvalue weighted by atomic mass is 9.51. The van der Waals surface area contributed by atoms with Crippen molar-refractivity contribution in [2.24, 2.45) is 22.2 Å². The summed E-state index contributed by atoms with van der Waals surface area (Å²) in [6.07, 6.45) is 10.8. The molecule has 3 aliphatic rings. The van der Waals surface area contributed by atoms with Crippen molar-refractivity contribution in [1.82, 2.24) is 5.32 Å². The Morgan fingerprint density at radius 3 is 2.12 bits per heavy atom. The maximum Gasteiger partial charge on any atom is 0.146 e. The van der Waals surface area contributed by atoms with Crippen LogP contribution >= 0.6 is 0 Å². The van der Waals surface area contributed by atoms with Crippen LogP contribution in [0.4, 0.5) is 5.69 Å². The van der Waals surface area contributed by atoms with Crippen LogP contribution in [0.1, 0.15) is 97.1 Å². The van der Waals surface area contributed by atoms with Gasteiger partial charge in [-0.25, -0.2) is 9.79 Å². The van der Waals surface area contributed by atoms with E-state index < -0.39 is 0 Å². The molecule has 0 heterocycles. The molecule has 1 spiro atoms. The molecule has 32 heavy (non-hydrogen) atoms. The van der Waals surface area contributed by atoms with Crippen molar-refractivity contribution in [2.45, 2.75) is 98.3 Å². The number of carbonyl (C=O) groups excluding carboxylic acids is 1. The third-order valence-electron chi connectivity index (χ3n) is 7.35. The lowest BCUT2D eigenvalue weighted by molar-refractivity contribution is -0.00975. The van der Waals surface area contributed by atoms with E-state index in [-0.39, 0.29) is 5.41 Å². The maximum absolute atomic E-state index is 11.4. The average molecular weight is 437 g/mol. The van der Waals surface area contributed by atoms with Gasteiger partial charge in [0.05, 0.1) is 5.69 Å². The van der Waals surface area contributed by atoms with Crippen molar-refractivity contribution in [3.8, 4) is 0 Å². The minimum atomic E-state index is 0.134. The van der Waals surface area contributed by atoms with Gasteiger partial charge in [0.25, 0.3) is 0 Å². The monoisotopic (exact) mass is 436 g/mol. The fraction of sp³-hybridized carbons (Fsp3) is 0.621. The van der Waals surface area contributed by atoms with Crippen molar-refractivity contribution in [2.75, 3.05) is 0 Å². The number of nitrogens with one attached hydrogen (secondary N) is 1. The average Bonchev–Trinajstić information content (AvgIpc) is 2.66. The number of hydrogen-bond donors (Lipinski definition) is 1. The van der Waals surface area contributed by atoms with E-state index in [9.17, 15) is 4.79 Å². The Labute approximate surface area is 196 Å². The zero-order valence-electron chi connectivity index (χ0n) is 21.3. The summed E-state index contributed by atoms with van der Waals surface area (Å²) >= 11 is 0. The first-order chi connectivity index (χ1) is 15.1. The molecular weight excluding hydrogens is 392 g/mol. The molecule has 1 N–H and O–H groups in total. The van der Waals surface area contributed by atoms with E-state index >= 15 is 0 Å². The van der Waals surface area contributed by atoms with Gasteiger partial charge < -0.3 is 5.32 Å². The molecule has 176 valence electrons. The molecule has 3 heteroatoms. The predicted octanol–water partition coefficient (Wildman–Crippen LogP) is 7.84. The number of aryl methyl sites for hydroxylation is 1. The topological polar surface area (TPSA) is 41.5 Å². The second-order valence-corrected chi connectivity index (χ2v) is 11.1. The number of hydrogen-bond acceptors (Lipinski definition) is 2. The van der Waals surface area contributed by atoms with Gasteiger partial charge in [-0.15, -0.1) is 13.2 Å². The van der Waals surface area contributed by atoms with E-state index in [4.69, 9.17) is 0 Å². The Bertz CT molecular complexity index is 838. The third-order valence-corrected chi connectivity index (χ3v) is 7.35. The Kier molecular flexibility index (Phi) is 9.10. The van der Waals surface area contributed by atoms with Gasteiger partial charge in [-0.1, -0.05) is 65.5 Å². The number of aliphatic imine (C=N–C) groups is 1. The summed E-state index contributed by atoms with van der Waals surface area (Å²) in [6, 6.07) is 6.41. The molecular formula is C29H44N2O. The van der Waals surface area contributed by atoms with E-state index in [1.54, 1.807) is 0 Å². The third kappa shape index (κ3) is 6.69. The largest absolute Gasteiger partial charge is 0.338 e. The van der Waals surface area contributed by atoms with Gasteiger partial charge in [0.1, 0.15) is 17.5 Å². The van der Waals surface area contributed by atoms with Crippen molar-refractivity contribution in [1.29, 1.82) is 0 Å². The van der Waals surface area contributed by atoms with Gasteiger partial charge in [0.2, 0.25) is 0 Å². The van der Waals surface area contributed by atoms with Crippen molar-refractivity contribution >= 4 is 17.5 Å². The van der Waals surface area contributed by atoms with E-state index in [0.717, 1.165) is 35.8 Å². The molecule has 0 unspecified atom stereocenters. The fourth-order valence-corrected chi connectivity index (χ4v) is 4.75. The SMILES string of the molecule is C=C.CC(=Nc1ccc(C(C)(C)C)cc1C)NC(=C=O)C1CC2(CCC2)C1.CC1CCC1. The van der Waals surface area contributed by atoms with Gasteiger partial charge in [-0.2, -0.15) is 0 Å². The Morgan fingerprint density at radius 1 is 1.16 bits per heavy atom. The molecule has 0 aliphatic heterocycles. The van der Waals surface area contributed by atoms with Gasteiger partial charge >= 0.3 is 0 Å². The molecule has 0 radical (unpaired) electrons. The molecule has 3 aliphatic carbocycles. The summed E-state index contributed by atoms with van der Waals surface area (Å²) in [4.78, 5) is 16.1. The molecule has 0 atom stereocenters. The number of amidine groups is 1. The molecule has 0 aromatic heterocycles. The molecule has 0 bridgehead atoms. The van der Waals surface area contributed by atoms with Crippen LogP contribution in [0.15, 0.2) is 42.0 Å². The van der Waals surface area contributed by atoms with Crippen LogP contribution in [0.3, 0.4) is 0 Å². The van der Waals surface area contributed by atoms with E-state index in [1.807, 2.05) is 6.92 Å². The van der Waals surface area contributed by atoms with Gasteiger partial charge in [0.15, 0.2) is 0 Å². The van der Waals surface area contributed by atoms with E-state index in [2.05, 4.69) is 82.2 Å². The number of rotatable bonds is 3. The van der Waals surface area contributed by atoms with Crippen molar-refractivity contribution in [3.05, 3.63) is 48.2 Å². The smallest absolute Gasteiger partial charge is 0.146 e. The highest BCUT2D eigenvalue weighted by atomic mass is 16.1.